The van der Waals surface area contributed by atoms with E-state index in [4.69, 9.17) is 26.8 Å². The van der Waals surface area contributed by atoms with Crippen LogP contribution >= 0.6 is 12.2 Å². The number of ether oxygens (including phenoxy) is 2. The SMILES string of the molecule is COc1ccc(-c2n[nH]c(=S)n2/N=C\c2ccc(C(=O)O)cc2)cc1OC. The van der Waals surface area contributed by atoms with Crippen LogP contribution in [0.1, 0.15) is 15.9 Å². The molecule has 0 aliphatic carbocycles. The molecule has 3 rings (SSSR count). The van der Waals surface area contributed by atoms with Gasteiger partial charge in [-0.1, -0.05) is 12.1 Å². The quantitative estimate of drug-likeness (QED) is 0.500. The van der Waals surface area contributed by atoms with Crippen LogP contribution in [0.25, 0.3) is 11.4 Å². The van der Waals surface area contributed by atoms with Crippen molar-refractivity contribution in [2.24, 2.45) is 5.10 Å². The highest BCUT2D eigenvalue weighted by atomic mass is 32.1. The summed E-state index contributed by atoms with van der Waals surface area (Å²) in [6, 6.07) is 11.7. The second kappa shape index (κ2) is 7.83. The van der Waals surface area contributed by atoms with Crippen molar-refractivity contribution >= 4 is 24.4 Å². The molecule has 0 atom stereocenters. The zero-order valence-electron chi connectivity index (χ0n) is 14.5. The van der Waals surface area contributed by atoms with E-state index in [0.717, 1.165) is 11.1 Å². The number of rotatable bonds is 6. The smallest absolute Gasteiger partial charge is 0.335 e. The lowest BCUT2D eigenvalue weighted by Gasteiger charge is -2.09. The van der Waals surface area contributed by atoms with Gasteiger partial charge in [0.25, 0.3) is 0 Å². The Morgan fingerprint density at radius 2 is 1.89 bits per heavy atom. The van der Waals surface area contributed by atoms with Crippen LogP contribution in [-0.2, 0) is 0 Å². The lowest BCUT2D eigenvalue weighted by Crippen LogP contribution is -1.98. The van der Waals surface area contributed by atoms with E-state index in [1.165, 1.54) is 16.8 Å². The molecule has 0 fully saturated rings. The first-order chi connectivity index (χ1) is 13.0. The Hall–Kier alpha value is -3.46. The number of hydrogen-bond acceptors (Lipinski definition) is 6. The first-order valence-corrected chi connectivity index (χ1v) is 8.22. The summed E-state index contributed by atoms with van der Waals surface area (Å²) >= 11 is 5.25. The fraction of sp³-hybridized carbons (Fsp3) is 0.111. The van der Waals surface area contributed by atoms with Gasteiger partial charge in [0.15, 0.2) is 17.3 Å². The van der Waals surface area contributed by atoms with Crippen molar-refractivity contribution in [2.75, 3.05) is 14.2 Å². The third kappa shape index (κ3) is 3.87. The summed E-state index contributed by atoms with van der Waals surface area (Å²) < 4.78 is 12.4. The van der Waals surface area contributed by atoms with E-state index in [2.05, 4.69) is 15.3 Å². The van der Waals surface area contributed by atoms with Crippen molar-refractivity contribution in [3.8, 4) is 22.9 Å². The summed E-state index contributed by atoms with van der Waals surface area (Å²) in [6.45, 7) is 0. The predicted octanol–water partition coefficient (Wildman–Crippen LogP) is 3.21. The Bertz CT molecular complexity index is 1050. The molecule has 138 valence electrons. The van der Waals surface area contributed by atoms with Crippen molar-refractivity contribution in [2.45, 2.75) is 0 Å². The molecule has 0 radical (unpaired) electrons. The molecule has 0 saturated heterocycles. The largest absolute Gasteiger partial charge is 0.493 e. The topological polar surface area (TPSA) is 102 Å². The van der Waals surface area contributed by atoms with Crippen molar-refractivity contribution < 1.29 is 19.4 Å². The van der Waals surface area contributed by atoms with Crippen LogP contribution < -0.4 is 9.47 Å². The second-order valence-electron chi connectivity index (χ2n) is 5.41. The highest BCUT2D eigenvalue weighted by molar-refractivity contribution is 7.71. The minimum Gasteiger partial charge on any atom is -0.493 e. The number of nitrogens with one attached hydrogen (secondary N) is 1. The van der Waals surface area contributed by atoms with Gasteiger partial charge < -0.3 is 14.6 Å². The number of methoxy groups -OCH3 is 2. The maximum Gasteiger partial charge on any atom is 0.335 e. The number of benzene rings is 2. The van der Waals surface area contributed by atoms with Crippen LogP contribution in [0.4, 0.5) is 0 Å². The number of carbonyl (C=O) groups is 1. The van der Waals surface area contributed by atoms with Crippen LogP contribution in [-0.4, -0.2) is 46.4 Å². The predicted molar refractivity (Wildman–Crippen MR) is 102 cm³/mol. The van der Waals surface area contributed by atoms with E-state index in [1.54, 1.807) is 44.7 Å². The summed E-state index contributed by atoms with van der Waals surface area (Å²) in [7, 11) is 3.12. The average Bonchev–Trinajstić information content (AvgIpc) is 3.06. The third-order valence-electron chi connectivity index (χ3n) is 3.77. The molecule has 1 heterocycles. The Morgan fingerprint density at radius 1 is 1.19 bits per heavy atom. The standard InChI is InChI=1S/C18H16N4O4S/c1-25-14-8-7-13(9-15(14)26-2)16-20-21-18(27)22(16)19-10-11-3-5-12(6-4-11)17(23)24/h3-10H,1-2H3,(H,21,27)(H,23,24)/b19-10-. The second-order valence-corrected chi connectivity index (χ2v) is 5.79. The molecule has 0 saturated carbocycles. The van der Waals surface area contributed by atoms with Gasteiger partial charge in [0.05, 0.1) is 26.0 Å². The maximum absolute atomic E-state index is 10.9. The molecule has 1 aromatic heterocycles. The zero-order valence-corrected chi connectivity index (χ0v) is 15.4. The molecule has 0 bridgehead atoms. The van der Waals surface area contributed by atoms with Crippen LogP contribution in [0.2, 0.25) is 0 Å². The van der Waals surface area contributed by atoms with Gasteiger partial charge >= 0.3 is 5.97 Å². The van der Waals surface area contributed by atoms with Crippen LogP contribution in [0.15, 0.2) is 47.6 Å². The molecular weight excluding hydrogens is 368 g/mol. The minimum atomic E-state index is -0.980. The van der Waals surface area contributed by atoms with Gasteiger partial charge in [-0.05, 0) is 48.1 Å². The van der Waals surface area contributed by atoms with Crippen molar-refractivity contribution in [1.29, 1.82) is 0 Å². The van der Waals surface area contributed by atoms with Crippen LogP contribution in [0.3, 0.4) is 0 Å². The average molecular weight is 384 g/mol. The Labute approximate surface area is 159 Å². The van der Waals surface area contributed by atoms with E-state index in [-0.39, 0.29) is 5.56 Å². The minimum absolute atomic E-state index is 0.207. The van der Waals surface area contributed by atoms with Gasteiger partial charge in [0, 0.05) is 5.56 Å². The first kappa shape index (κ1) is 18.3. The molecule has 0 spiro atoms. The normalized spacial score (nSPS) is 10.9. The molecule has 9 heteroatoms. The van der Waals surface area contributed by atoms with E-state index in [9.17, 15) is 4.79 Å². The van der Waals surface area contributed by atoms with Crippen molar-refractivity contribution in [1.82, 2.24) is 14.9 Å². The highest BCUT2D eigenvalue weighted by Crippen LogP contribution is 2.31. The monoisotopic (exact) mass is 384 g/mol. The number of aromatic nitrogens is 3. The number of hydrogen-bond donors (Lipinski definition) is 2. The molecule has 2 aromatic carbocycles. The van der Waals surface area contributed by atoms with Gasteiger partial charge in [0.1, 0.15) is 0 Å². The van der Waals surface area contributed by atoms with E-state index < -0.39 is 5.97 Å². The molecule has 0 aliphatic rings. The molecule has 0 amide bonds. The Morgan fingerprint density at radius 3 is 2.52 bits per heavy atom. The zero-order chi connectivity index (χ0) is 19.4. The fourth-order valence-corrected chi connectivity index (χ4v) is 2.58. The molecule has 27 heavy (non-hydrogen) atoms. The van der Waals surface area contributed by atoms with Crippen molar-refractivity contribution in [3.05, 3.63) is 58.4 Å². The molecule has 2 N–H and O–H groups in total. The van der Waals surface area contributed by atoms with Gasteiger partial charge in [-0.2, -0.15) is 14.9 Å². The molecule has 0 unspecified atom stereocenters. The van der Waals surface area contributed by atoms with E-state index >= 15 is 0 Å². The third-order valence-corrected chi connectivity index (χ3v) is 4.04. The van der Waals surface area contributed by atoms with Crippen molar-refractivity contribution in [3.63, 3.8) is 0 Å². The summed E-state index contributed by atoms with van der Waals surface area (Å²) in [5.41, 5.74) is 1.66. The fourth-order valence-electron chi connectivity index (χ4n) is 2.40. The number of aromatic carboxylic acids is 1. The van der Waals surface area contributed by atoms with E-state index in [0.29, 0.717) is 22.1 Å². The summed E-state index contributed by atoms with van der Waals surface area (Å²) in [5.74, 6) is 0.679. The number of H-pyrrole nitrogens is 1. The molecule has 0 aliphatic heterocycles. The summed E-state index contributed by atoms with van der Waals surface area (Å²) in [5, 5.41) is 20.2. The van der Waals surface area contributed by atoms with Gasteiger partial charge in [-0.25, -0.2) is 9.89 Å². The number of aromatic amines is 1. The van der Waals surface area contributed by atoms with E-state index in [1.807, 2.05) is 6.07 Å². The highest BCUT2D eigenvalue weighted by Gasteiger charge is 2.12. The summed E-state index contributed by atoms with van der Waals surface area (Å²) in [4.78, 5) is 10.9. The molecule has 8 nitrogen and oxygen atoms in total. The molecule has 3 aromatic rings. The number of carboxylic acids is 1. The van der Waals surface area contributed by atoms with Crippen LogP contribution in [0.5, 0.6) is 11.5 Å². The lowest BCUT2D eigenvalue weighted by molar-refractivity contribution is 0.0697. The first-order valence-electron chi connectivity index (χ1n) is 7.81. The lowest BCUT2D eigenvalue weighted by atomic mass is 10.1. The maximum atomic E-state index is 10.9. The number of carboxylic acid groups (broad SMARTS) is 1. The van der Waals surface area contributed by atoms with Gasteiger partial charge in [-0.15, -0.1) is 0 Å². The Kier molecular flexibility index (Phi) is 5.32. The Balaban J connectivity index is 1.95. The molecular formula is C18H16N4O4S. The van der Waals surface area contributed by atoms with Crippen LogP contribution in [0, 0.1) is 4.77 Å². The summed E-state index contributed by atoms with van der Waals surface area (Å²) in [6.07, 6.45) is 1.57. The number of nitrogens with zero attached hydrogens (tertiary/aromatic N) is 3. The van der Waals surface area contributed by atoms with Gasteiger partial charge in [-0.3, -0.25) is 0 Å². The van der Waals surface area contributed by atoms with Gasteiger partial charge in [0.2, 0.25) is 4.77 Å².